The largest absolute Gasteiger partial charge is 0.240 e. The molecule has 2 aromatic rings. The Labute approximate surface area is 98.4 Å². The van der Waals surface area contributed by atoms with Crippen LogP contribution in [-0.2, 0) is 6.42 Å². The maximum Gasteiger partial charge on any atom is 0.115 e. The molecule has 0 atom stereocenters. The maximum atomic E-state index is 5.82. The molecule has 78 valence electrons. The van der Waals surface area contributed by atoms with Crippen molar-refractivity contribution in [3.05, 3.63) is 35.4 Å². The minimum Gasteiger partial charge on any atom is -0.240 e. The van der Waals surface area contributed by atoms with Crippen molar-refractivity contribution in [3.8, 4) is 0 Å². The van der Waals surface area contributed by atoms with Crippen LogP contribution in [0, 0.1) is 6.92 Å². The van der Waals surface area contributed by atoms with Crippen molar-refractivity contribution in [2.24, 2.45) is 0 Å². The van der Waals surface area contributed by atoms with Crippen LogP contribution in [-0.4, -0.2) is 4.98 Å². The van der Waals surface area contributed by atoms with E-state index in [9.17, 15) is 0 Å². The maximum absolute atomic E-state index is 5.82. The Morgan fingerprint density at radius 3 is 2.73 bits per heavy atom. The second kappa shape index (κ2) is 4.42. The van der Waals surface area contributed by atoms with E-state index in [1.807, 2.05) is 12.1 Å². The van der Waals surface area contributed by atoms with Crippen molar-refractivity contribution in [1.29, 1.82) is 0 Å². The van der Waals surface area contributed by atoms with Crippen LogP contribution < -0.4 is 0 Å². The molecule has 0 unspecified atom stereocenters. The van der Waals surface area contributed by atoms with Gasteiger partial charge in [0.1, 0.15) is 5.03 Å². The van der Waals surface area contributed by atoms with E-state index in [2.05, 4.69) is 31.0 Å². The third-order valence-electron chi connectivity index (χ3n) is 2.65. The van der Waals surface area contributed by atoms with Gasteiger partial charge in [0.25, 0.3) is 0 Å². The van der Waals surface area contributed by atoms with Crippen LogP contribution >= 0.6 is 21.7 Å². The van der Waals surface area contributed by atoms with Gasteiger partial charge in [-0.15, -0.1) is 0 Å². The van der Waals surface area contributed by atoms with E-state index in [0.29, 0.717) is 0 Å². The average Bonchev–Trinajstić information content (AvgIpc) is 2.28. The van der Waals surface area contributed by atoms with Crippen LogP contribution in [0.4, 0.5) is 0 Å². The van der Waals surface area contributed by atoms with Gasteiger partial charge in [0.2, 0.25) is 0 Å². The number of aryl methyl sites for hydroxylation is 1. The number of hydrogen-bond acceptors (Lipinski definition) is 2. The molecule has 0 saturated heterocycles. The number of aromatic nitrogens is 1. The second-order valence-corrected chi connectivity index (χ2v) is 4.47. The van der Waals surface area contributed by atoms with Gasteiger partial charge in [0.05, 0.1) is 5.52 Å². The number of nitrogens with zero attached hydrogens (tertiary/aromatic N) is 1. The van der Waals surface area contributed by atoms with E-state index in [0.717, 1.165) is 17.0 Å². The van der Waals surface area contributed by atoms with E-state index >= 15 is 0 Å². The summed E-state index contributed by atoms with van der Waals surface area (Å²) in [6.07, 6.45) is 1.01. The molecule has 2 rings (SSSR count). The zero-order valence-corrected chi connectivity index (χ0v) is 10.3. The summed E-state index contributed by atoms with van der Waals surface area (Å²) in [5.74, 6) is 0. The number of fused-ring (bicyclic) bond motifs is 1. The molecule has 1 aromatic carbocycles. The Bertz CT molecular complexity index is 496. The van der Waals surface area contributed by atoms with Crippen LogP contribution in [0.2, 0.25) is 0 Å². The van der Waals surface area contributed by atoms with Gasteiger partial charge < -0.3 is 0 Å². The summed E-state index contributed by atoms with van der Waals surface area (Å²) in [5.41, 5.74) is 3.59. The summed E-state index contributed by atoms with van der Waals surface area (Å²) < 4.78 is 0. The van der Waals surface area contributed by atoms with E-state index < -0.39 is 0 Å². The summed E-state index contributed by atoms with van der Waals surface area (Å²) in [6, 6.07) is 8.21. The van der Waals surface area contributed by atoms with Crippen LogP contribution in [0.5, 0.6) is 0 Å². The lowest BCUT2D eigenvalue weighted by atomic mass is 10.0. The predicted octanol–water partition coefficient (Wildman–Crippen LogP) is 4.35. The third kappa shape index (κ3) is 1.84. The van der Waals surface area contributed by atoms with Crippen molar-refractivity contribution in [1.82, 2.24) is 4.98 Å². The zero-order chi connectivity index (χ0) is 10.8. The van der Waals surface area contributed by atoms with Crippen LogP contribution in [0.25, 0.3) is 10.9 Å². The van der Waals surface area contributed by atoms with Crippen molar-refractivity contribution in [2.45, 2.75) is 25.3 Å². The molecule has 0 aliphatic rings. The first-order valence-electron chi connectivity index (χ1n) is 4.94. The second-order valence-electron chi connectivity index (χ2n) is 3.47. The molecule has 0 fully saturated rings. The Morgan fingerprint density at radius 1 is 1.33 bits per heavy atom. The normalized spacial score (nSPS) is 10.9. The zero-order valence-electron chi connectivity index (χ0n) is 8.75. The molecule has 0 aliphatic heterocycles. The number of hydrogen-bond donors (Lipinski definition) is 0. The highest BCUT2D eigenvalue weighted by molar-refractivity contribution is 8.21. The lowest BCUT2D eigenvalue weighted by Gasteiger charge is -2.10. The molecule has 0 N–H and O–H groups in total. The Morgan fingerprint density at radius 2 is 2.07 bits per heavy atom. The Hall–Kier alpha value is -0.730. The molecule has 1 nitrogen and oxygen atoms in total. The highest BCUT2D eigenvalue weighted by Crippen LogP contribution is 2.30. The average molecular weight is 238 g/mol. The minimum absolute atomic E-state index is 0.923. The fourth-order valence-corrected chi connectivity index (χ4v) is 2.70. The van der Waals surface area contributed by atoms with Gasteiger partial charge in [-0.3, -0.25) is 0 Å². The molecule has 0 amide bonds. The molecule has 1 heterocycles. The minimum atomic E-state index is 0.923. The van der Waals surface area contributed by atoms with E-state index in [4.69, 9.17) is 10.7 Å². The van der Waals surface area contributed by atoms with Gasteiger partial charge >= 0.3 is 0 Å². The number of halogens is 1. The first-order valence-corrected chi connectivity index (χ1v) is 6.59. The van der Waals surface area contributed by atoms with Crippen molar-refractivity contribution < 1.29 is 0 Å². The molecule has 0 bridgehead atoms. The molecule has 0 spiro atoms. The number of benzene rings is 1. The van der Waals surface area contributed by atoms with Gasteiger partial charge in [0, 0.05) is 16.4 Å². The number of para-hydroxylation sites is 1. The molecule has 0 aliphatic carbocycles. The molecular formula is C12H12ClNS. The van der Waals surface area contributed by atoms with E-state index in [1.54, 1.807) is 0 Å². The van der Waals surface area contributed by atoms with Crippen LogP contribution in [0.3, 0.4) is 0 Å². The standard InChI is InChI=1S/C12H12ClNS/c1-3-9-8(2)12(15-13)14-11-7-5-4-6-10(9)11/h4-7H,3H2,1-2H3. The summed E-state index contributed by atoms with van der Waals surface area (Å²) in [7, 11) is 7.02. The highest BCUT2D eigenvalue weighted by Gasteiger charge is 2.09. The first-order chi connectivity index (χ1) is 7.27. The molecule has 0 radical (unpaired) electrons. The van der Waals surface area contributed by atoms with Crippen LogP contribution in [0.15, 0.2) is 29.3 Å². The Kier molecular flexibility index (Phi) is 3.17. The lowest BCUT2D eigenvalue weighted by Crippen LogP contribution is -1.94. The van der Waals surface area contributed by atoms with E-state index in [1.165, 1.54) is 27.5 Å². The predicted molar refractivity (Wildman–Crippen MR) is 67.6 cm³/mol. The molecule has 15 heavy (non-hydrogen) atoms. The van der Waals surface area contributed by atoms with Crippen molar-refractivity contribution >= 4 is 32.6 Å². The summed E-state index contributed by atoms with van der Waals surface area (Å²) in [5, 5.41) is 2.17. The highest BCUT2D eigenvalue weighted by atomic mass is 35.7. The molecular weight excluding hydrogens is 226 g/mol. The molecule has 0 saturated carbocycles. The van der Waals surface area contributed by atoms with Gasteiger partial charge in [-0.25, -0.2) is 4.98 Å². The van der Waals surface area contributed by atoms with Gasteiger partial charge in [-0.1, -0.05) is 25.1 Å². The summed E-state index contributed by atoms with van der Waals surface area (Å²) in [4.78, 5) is 4.53. The summed E-state index contributed by atoms with van der Waals surface area (Å²) in [6.45, 7) is 4.25. The van der Waals surface area contributed by atoms with Crippen molar-refractivity contribution in [3.63, 3.8) is 0 Å². The smallest absolute Gasteiger partial charge is 0.115 e. The molecule has 3 heteroatoms. The third-order valence-corrected chi connectivity index (χ3v) is 3.63. The van der Waals surface area contributed by atoms with E-state index in [-0.39, 0.29) is 0 Å². The van der Waals surface area contributed by atoms with Crippen molar-refractivity contribution in [2.75, 3.05) is 0 Å². The fraction of sp³-hybridized carbons (Fsp3) is 0.250. The number of rotatable bonds is 2. The Balaban J connectivity index is 2.83. The SMILES string of the molecule is CCc1c(C)c(SCl)nc2ccccc12. The molecule has 1 aromatic heterocycles. The fourth-order valence-electron chi connectivity index (χ4n) is 1.88. The summed E-state index contributed by atoms with van der Waals surface area (Å²) >= 11 is 0. The topological polar surface area (TPSA) is 12.9 Å². The number of pyridine rings is 1. The monoisotopic (exact) mass is 237 g/mol. The lowest BCUT2D eigenvalue weighted by molar-refractivity contribution is 1.04. The van der Waals surface area contributed by atoms with Gasteiger partial charge in [-0.2, -0.15) is 0 Å². The van der Waals surface area contributed by atoms with Gasteiger partial charge in [-0.05, 0) is 41.2 Å². The van der Waals surface area contributed by atoms with Gasteiger partial charge in [0.15, 0.2) is 0 Å². The first kappa shape index (κ1) is 10.8. The van der Waals surface area contributed by atoms with Crippen LogP contribution in [0.1, 0.15) is 18.1 Å². The quantitative estimate of drug-likeness (QED) is 0.770.